The zero-order chi connectivity index (χ0) is 22.6. The van der Waals surface area contributed by atoms with Gasteiger partial charge in [0, 0.05) is 23.6 Å². The minimum absolute atomic E-state index is 0.211. The molecule has 2 heterocycles. The lowest BCUT2D eigenvalue weighted by atomic mass is 9.83. The molecule has 0 aliphatic heterocycles. The van der Waals surface area contributed by atoms with Gasteiger partial charge in [-0.2, -0.15) is 5.26 Å². The highest BCUT2D eigenvalue weighted by Crippen LogP contribution is 2.32. The third-order valence-corrected chi connectivity index (χ3v) is 6.63. The van der Waals surface area contributed by atoms with Crippen LogP contribution in [0.2, 0.25) is 0 Å². The van der Waals surface area contributed by atoms with Crippen molar-refractivity contribution in [3.05, 3.63) is 54.6 Å². The van der Waals surface area contributed by atoms with Gasteiger partial charge in [-0.05, 0) is 56.2 Å². The molecule has 2 aromatic heterocycles. The SMILES string of the molecule is C[C@@H](Sc1nnc(-c2ccncc2)n1-c1ccc(F)cc1)C(=O)NC1(C#N)CCCCC1. The quantitative estimate of drug-likeness (QED) is 0.563. The van der Waals surface area contributed by atoms with Crippen molar-refractivity contribution in [2.24, 2.45) is 0 Å². The number of carbonyl (C=O) groups is 1. The van der Waals surface area contributed by atoms with Gasteiger partial charge < -0.3 is 5.32 Å². The molecular formula is C23H23FN6OS. The van der Waals surface area contributed by atoms with Crippen molar-refractivity contribution in [1.29, 1.82) is 5.26 Å². The summed E-state index contributed by atoms with van der Waals surface area (Å²) in [6, 6.07) is 12.0. The van der Waals surface area contributed by atoms with Crippen molar-refractivity contribution in [2.75, 3.05) is 0 Å². The van der Waals surface area contributed by atoms with E-state index in [9.17, 15) is 14.4 Å². The molecule has 1 aliphatic carbocycles. The van der Waals surface area contributed by atoms with Gasteiger partial charge in [0.1, 0.15) is 11.4 Å². The van der Waals surface area contributed by atoms with Crippen molar-refractivity contribution < 1.29 is 9.18 Å². The fourth-order valence-corrected chi connectivity index (χ4v) is 4.69. The van der Waals surface area contributed by atoms with E-state index in [1.54, 1.807) is 36.0 Å². The van der Waals surface area contributed by atoms with Crippen LogP contribution in [0.25, 0.3) is 17.1 Å². The van der Waals surface area contributed by atoms with Gasteiger partial charge >= 0.3 is 0 Å². The summed E-state index contributed by atoms with van der Waals surface area (Å²) in [7, 11) is 0. The van der Waals surface area contributed by atoms with Crippen molar-refractivity contribution in [1.82, 2.24) is 25.1 Å². The first-order valence-corrected chi connectivity index (χ1v) is 11.4. The number of nitriles is 1. The van der Waals surface area contributed by atoms with Gasteiger partial charge in [-0.1, -0.05) is 31.0 Å². The molecular weight excluding hydrogens is 427 g/mol. The summed E-state index contributed by atoms with van der Waals surface area (Å²) in [6.07, 6.45) is 7.62. The Balaban J connectivity index is 1.62. The summed E-state index contributed by atoms with van der Waals surface area (Å²) in [5.41, 5.74) is 0.683. The highest BCUT2D eigenvalue weighted by atomic mass is 32.2. The number of hydrogen-bond donors (Lipinski definition) is 1. The van der Waals surface area contributed by atoms with Crippen LogP contribution >= 0.6 is 11.8 Å². The summed E-state index contributed by atoms with van der Waals surface area (Å²) in [5.74, 6) is 0.0102. The number of thioether (sulfide) groups is 1. The number of pyridine rings is 1. The molecule has 7 nitrogen and oxygen atoms in total. The van der Waals surface area contributed by atoms with Crippen LogP contribution in [-0.2, 0) is 4.79 Å². The van der Waals surface area contributed by atoms with Crippen LogP contribution in [0.1, 0.15) is 39.0 Å². The second kappa shape index (κ2) is 9.49. The van der Waals surface area contributed by atoms with Crippen LogP contribution in [0.15, 0.2) is 53.9 Å². The van der Waals surface area contributed by atoms with Gasteiger partial charge in [-0.3, -0.25) is 14.3 Å². The molecule has 0 radical (unpaired) electrons. The normalized spacial score (nSPS) is 16.2. The zero-order valence-electron chi connectivity index (χ0n) is 17.7. The van der Waals surface area contributed by atoms with Gasteiger partial charge in [0.25, 0.3) is 0 Å². The smallest absolute Gasteiger partial charge is 0.234 e. The Morgan fingerprint density at radius 1 is 1.16 bits per heavy atom. The van der Waals surface area contributed by atoms with Crippen molar-refractivity contribution in [3.63, 3.8) is 0 Å². The first kappa shape index (κ1) is 22.0. The molecule has 0 saturated heterocycles. The molecule has 1 saturated carbocycles. The maximum Gasteiger partial charge on any atom is 0.234 e. The van der Waals surface area contributed by atoms with E-state index in [4.69, 9.17) is 0 Å². The third-order valence-electron chi connectivity index (χ3n) is 5.59. The number of nitrogens with one attached hydrogen (secondary N) is 1. The standard InChI is InChI=1S/C23H23FN6OS/c1-16(21(31)27-23(15-25)11-3-2-4-12-23)32-22-29-28-20(17-9-13-26-14-10-17)30(22)19-7-5-18(24)6-8-19/h5-10,13-14,16H,2-4,11-12H2,1H3,(H,27,31)/t16-/m1/s1. The number of carbonyl (C=O) groups excluding carboxylic acids is 1. The number of aromatic nitrogens is 4. The molecule has 0 bridgehead atoms. The summed E-state index contributed by atoms with van der Waals surface area (Å²) >= 11 is 1.25. The van der Waals surface area contributed by atoms with E-state index in [1.807, 2.05) is 12.1 Å². The van der Waals surface area contributed by atoms with E-state index >= 15 is 0 Å². The monoisotopic (exact) mass is 450 g/mol. The van der Waals surface area contributed by atoms with Crippen LogP contribution in [0, 0.1) is 17.1 Å². The van der Waals surface area contributed by atoms with Crippen LogP contribution in [0.4, 0.5) is 4.39 Å². The van der Waals surface area contributed by atoms with Crippen LogP contribution in [0.5, 0.6) is 0 Å². The molecule has 9 heteroatoms. The molecule has 1 amide bonds. The molecule has 32 heavy (non-hydrogen) atoms. The van der Waals surface area contributed by atoms with Gasteiger partial charge in [-0.15, -0.1) is 10.2 Å². The topological polar surface area (TPSA) is 96.5 Å². The maximum absolute atomic E-state index is 13.5. The Kier molecular flexibility index (Phi) is 6.51. The van der Waals surface area contributed by atoms with Gasteiger partial charge in [0.05, 0.1) is 11.3 Å². The van der Waals surface area contributed by atoms with E-state index in [0.29, 0.717) is 29.5 Å². The predicted octanol–water partition coefficient (Wildman–Crippen LogP) is 4.29. The van der Waals surface area contributed by atoms with E-state index < -0.39 is 10.8 Å². The molecule has 1 aliphatic rings. The molecule has 0 unspecified atom stereocenters. The Bertz CT molecular complexity index is 1120. The predicted molar refractivity (Wildman–Crippen MR) is 119 cm³/mol. The Hall–Kier alpha value is -3.25. The van der Waals surface area contributed by atoms with E-state index in [0.717, 1.165) is 24.8 Å². The van der Waals surface area contributed by atoms with Gasteiger partial charge in [0.2, 0.25) is 5.91 Å². The molecule has 0 spiro atoms. The first-order valence-electron chi connectivity index (χ1n) is 10.5. The first-order chi connectivity index (χ1) is 15.5. The highest BCUT2D eigenvalue weighted by Gasteiger charge is 2.35. The fraction of sp³-hybridized carbons (Fsp3) is 0.348. The van der Waals surface area contributed by atoms with Gasteiger partial charge in [0.15, 0.2) is 11.0 Å². The lowest BCUT2D eigenvalue weighted by Crippen LogP contribution is -2.50. The van der Waals surface area contributed by atoms with E-state index in [2.05, 4.69) is 26.6 Å². The summed E-state index contributed by atoms with van der Waals surface area (Å²) in [5, 5.41) is 21.3. The van der Waals surface area contributed by atoms with E-state index in [1.165, 1.54) is 23.9 Å². The van der Waals surface area contributed by atoms with Crippen LogP contribution < -0.4 is 5.32 Å². The fourth-order valence-electron chi connectivity index (χ4n) is 3.83. The molecule has 1 atom stereocenters. The number of nitrogens with zero attached hydrogens (tertiary/aromatic N) is 5. The van der Waals surface area contributed by atoms with Crippen LogP contribution in [-0.4, -0.2) is 36.4 Å². The average molecular weight is 451 g/mol. The minimum atomic E-state index is -0.795. The second-order valence-corrected chi connectivity index (χ2v) is 9.17. The molecule has 1 N–H and O–H groups in total. The number of benzene rings is 1. The number of hydrogen-bond acceptors (Lipinski definition) is 6. The van der Waals surface area contributed by atoms with E-state index in [-0.39, 0.29) is 11.7 Å². The summed E-state index contributed by atoms with van der Waals surface area (Å²) < 4.78 is 15.3. The second-order valence-electron chi connectivity index (χ2n) is 7.86. The lowest BCUT2D eigenvalue weighted by molar-refractivity contribution is -0.121. The Morgan fingerprint density at radius 2 is 1.84 bits per heavy atom. The van der Waals surface area contributed by atoms with Crippen LogP contribution in [0.3, 0.4) is 0 Å². The van der Waals surface area contributed by atoms with Crippen molar-refractivity contribution in [3.8, 4) is 23.1 Å². The van der Waals surface area contributed by atoms with Crippen molar-refractivity contribution >= 4 is 17.7 Å². The molecule has 164 valence electrons. The lowest BCUT2D eigenvalue weighted by Gasteiger charge is -2.32. The minimum Gasteiger partial charge on any atom is -0.337 e. The maximum atomic E-state index is 13.5. The molecule has 3 aromatic rings. The molecule has 1 aromatic carbocycles. The van der Waals surface area contributed by atoms with Crippen molar-refractivity contribution in [2.45, 2.75) is 55.0 Å². The Morgan fingerprint density at radius 3 is 2.50 bits per heavy atom. The number of halogens is 1. The Labute approximate surface area is 190 Å². The van der Waals surface area contributed by atoms with Gasteiger partial charge in [-0.25, -0.2) is 4.39 Å². The number of amides is 1. The highest BCUT2D eigenvalue weighted by molar-refractivity contribution is 8.00. The summed E-state index contributed by atoms with van der Waals surface area (Å²) in [4.78, 5) is 17.0. The number of rotatable bonds is 6. The largest absolute Gasteiger partial charge is 0.337 e. The zero-order valence-corrected chi connectivity index (χ0v) is 18.5. The summed E-state index contributed by atoms with van der Waals surface area (Å²) in [6.45, 7) is 1.78. The third kappa shape index (κ3) is 4.65. The molecule has 4 rings (SSSR count). The average Bonchev–Trinajstić information content (AvgIpc) is 3.24. The molecule has 1 fully saturated rings.